The number of hydrogen-bond donors (Lipinski definition) is 1. The highest BCUT2D eigenvalue weighted by molar-refractivity contribution is 5.95. The van der Waals surface area contributed by atoms with Crippen molar-refractivity contribution in [3.63, 3.8) is 0 Å². The van der Waals surface area contributed by atoms with Gasteiger partial charge in [0.1, 0.15) is 5.75 Å². The maximum atomic E-state index is 12.9. The lowest BCUT2D eigenvalue weighted by molar-refractivity contribution is -0.142. The molecule has 0 bridgehead atoms. The summed E-state index contributed by atoms with van der Waals surface area (Å²) in [6.45, 7) is 4.68. The molecule has 152 valence electrons. The first kappa shape index (κ1) is 19.3. The van der Waals surface area contributed by atoms with Crippen LogP contribution in [-0.2, 0) is 14.3 Å². The summed E-state index contributed by atoms with van der Waals surface area (Å²) in [5.41, 5.74) is 2.70. The van der Waals surface area contributed by atoms with Crippen molar-refractivity contribution in [2.24, 2.45) is 0 Å². The van der Waals surface area contributed by atoms with E-state index in [1.807, 2.05) is 60.4 Å². The Morgan fingerprint density at radius 3 is 2.55 bits per heavy atom. The van der Waals surface area contributed by atoms with Gasteiger partial charge in [0.2, 0.25) is 5.91 Å². The van der Waals surface area contributed by atoms with Gasteiger partial charge in [0.05, 0.1) is 32.0 Å². The van der Waals surface area contributed by atoms with Crippen molar-refractivity contribution in [2.45, 2.75) is 13.0 Å². The third-order valence-corrected chi connectivity index (χ3v) is 5.13. The highest BCUT2D eigenvalue weighted by atomic mass is 16.5. The number of hydrogen-bond acceptors (Lipinski definition) is 5. The van der Waals surface area contributed by atoms with Crippen molar-refractivity contribution in [1.29, 1.82) is 0 Å². The fourth-order valence-electron chi connectivity index (χ4n) is 3.58. The first-order valence-electron chi connectivity index (χ1n) is 9.84. The normalized spacial score (nSPS) is 18.6. The highest BCUT2D eigenvalue weighted by Gasteiger charge is 2.34. The summed E-state index contributed by atoms with van der Waals surface area (Å²) in [5.74, 6) is 0.420. The third-order valence-electron chi connectivity index (χ3n) is 5.13. The zero-order valence-corrected chi connectivity index (χ0v) is 16.5. The molecule has 29 heavy (non-hydrogen) atoms. The molecule has 7 heteroatoms. The van der Waals surface area contributed by atoms with Gasteiger partial charge in [-0.05, 0) is 31.2 Å². The molecule has 7 nitrogen and oxygen atoms in total. The van der Waals surface area contributed by atoms with Crippen LogP contribution in [-0.4, -0.2) is 62.2 Å². The van der Waals surface area contributed by atoms with E-state index in [0.29, 0.717) is 38.6 Å². The lowest BCUT2D eigenvalue weighted by Gasteiger charge is -2.38. The second kappa shape index (κ2) is 8.53. The van der Waals surface area contributed by atoms with E-state index in [9.17, 15) is 9.59 Å². The van der Waals surface area contributed by atoms with Crippen molar-refractivity contribution >= 4 is 23.2 Å². The molecule has 2 aromatic rings. The number of amides is 2. The Balaban J connectivity index is 1.48. The van der Waals surface area contributed by atoms with Gasteiger partial charge in [-0.2, -0.15) is 0 Å². The molecule has 2 aliphatic rings. The van der Waals surface area contributed by atoms with Crippen LogP contribution in [0.4, 0.5) is 11.4 Å². The molecule has 0 saturated carbocycles. The van der Waals surface area contributed by atoms with Gasteiger partial charge in [0.15, 0.2) is 6.10 Å². The van der Waals surface area contributed by atoms with E-state index in [2.05, 4.69) is 5.32 Å². The van der Waals surface area contributed by atoms with Gasteiger partial charge in [0.25, 0.3) is 5.91 Å². The summed E-state index contributed by atoms with van der Waals surface area (Å²) in [6.07, 6.45) is -0.643. The summed E-state index contributed by atoms with van der Waals surface area (Å²) in [5, 5.41) is 2.92. The van der Waals surface area contributed by atoms with Crippen molar-refractivity contribution in [3.05, 3.63) is 54.1 Å². The number of carbonyl (C=O) groups is 2. The molecule has 0 spiro atoms. The van der Waals surface area contributed by atoms with Gasteiger partial charge in [0, 0.05) is 18.8 Å². The Kier molecular flexibility index (Phi) is 5.67. The number of aryl methyl sites for hydroxylation is 1. The van der Waals surface area contributed by atoms with Crippen molar-refractivity contribution < 1.29 is 19.1 Å². The molecule has 4 rings (SSSR count). The maximum Gasteiger partial charge on any atom is 0.265 e. The average Bonchev–Trinajstić information content (AvgIpc) is 2.75. The van der Waals surface area contributed by atoms with E-state index in [1.54, 1.807) is 4.90 Å². The maximum absolute atomic E-state index is 12.9. The van der Waals surface area contributed by atoms with Gasteiger partial charge >= 0.3 is 0 Å². The van der Waals surface area contributed by atoms with Crippen molar-refractivity contribution in [3.8, 4) is 5.75 Å². The fourth-order valence-corrected chi connectivity index (χ4v) is 3.58. The average molecular weight is 395 g/mol. The summed E-state index contributed by atoms with van der Waals surface area (Å²) in [4.78, 5) is 29.3. The minimum Gasteiger partial charge on any atom is -0.477 e. The van der Waals surface area contributed by atoms with Gasteiger partial charge in [-0.1, -0.05) is 29.8 Å². The van der Waals surface area contributed by atoms with E-state index >= 15 is 0 Å². The first-order valence-corrected chi connectivity index (χ1v) is 9.84. The van der Waals surface area contributed by atoms with Crippen LogP contribution in [0.2, 0.25) is 0 Å². The van der Waals surface area contributed by atoms with Gasteiger partial charge in [-0.3, -0.25) is 9.59 Å². The van der Waals surface area contributed by atoms with Gasteiger partial charge < -0.3 is 24.6 Å². The molecule has 0 radical (unpaired) electrons. The lowest BCUT2D eigenvalue weighted by atomic mass is 10.1. The Labute approximate surface area is 170 Å². The second-order valence-corrected chi connectivity index (χ2v) is 7.31. The number of nitrogens with zero attached hydrogens (tertiary/aromatic N) is 2. The number of nitrogens with one attached hydrogen (secondary N) is 1. The molecule has 2 aliphatic heterocycles. The van der Waals surface area contributed by atoms with Crippen LogP contribution in [0.5, 0.6) is 5.75 Å². The van der Waals surface area contributed by atoms with E-state index in [0.717, 1.165) is 16.9 Å². The number of fused-ring (bicyclic) bond motifs is 1. The SMILES string of the molecule is Cc1ccc(NC(=O)CN2C[C@H](C(=O)N3CCOCC3)Oc3ccccc32)cc1. The summed E-state index contributed by atoms with van der Waals surface area (Å²) < 4.78 is 11.3. The van der Waals surface area contributed by atoms with Gasteiger partial charge in [-0.15, -0.1) is 0 Å². The molecule has 2 amide bonds. The molecule has 0 aliphatic carbocycles. The van der Waals surface area contributed by atoms with Crippen LogP contribution in [0, 0.1) is 6.92 Å². The lowest BCUT2D eigenvalue weighted by Crippen LogP contribution is -2.53. The molecule has 0 unspecified atom stereocenters. The van der Waals surface area contributed by atoms with Crippen LogP contribution in [0.15, 0.2) is 48.5 Å². The van der Waals surface area contributed by atoms with Gasteiger partial charge in [-0.25, -0.2) is 0 Å². The van der Waals surface area contributed by atoms with Crippen LogP contribution in [0.1, 0.15) is 5.56 Å². The second-order valence-electron chi connectivity index (χ2n) is 7.31. The van der Waals surface area contributed by atoms with E-state index in [4.69, 9.17) is 9.47 Å². The summed E-state index contributed by atoms with van der Waals surface area (Å²) >= 11 is 0. The number of carbonyl (C=O) groups excluding carboxylic acids is 2. The van der Waals surface area contributed by atoms with Crippen LogP contribution in [0.3, 0.4) is 0 Å². The number of morpholine rings is 1. The fraction of sp³-hybridized carbons (Fsp3) is 0.364. The molecule has 1 fully saturated rings. The van der Waals surface area contributed by atoms with Crippen LogP contribution >= 0.6 is 0 Å². The molecule has 2 aromatic carbocycles. The van der Waals surface area contributed by atoms with E-state index in [1.165, 1.54) is 0 Å². The molecule has 1 saturated heterocycles. The molecule has 0 aromatic heterocycles. The molecule has 1 atom stereocenters. The first-order chi connectivity index (χ1) is 14.1. The topological polar surface area (TPSA) is 71.1 Å². The number of anilines is 2. The molecular weight excluding hydrogens is 370 g/mol. The monoisotopic (exact) mass is 395 g/mol. The van der Waals surface area contributed by atoms with E-state index < -0.39 is 6.10 Å². The quantitative estimate of drug-likeness (QED) is 0.858. The zero-order chi connectivity index (χ0) is 20.2. The Hall–Kier alpha value is -3.06. The Morgan fingerprint density at radius 2 is 1.79 bits per heavy atom. The van der Waals surface area contributed by atoms with Crippen molar-refractivity contribution in [1.82, 2.24) is 4.90 Å². The molecule has 2 heterocycles. The number of para-hydroxylation sites is 2. The highest BCUT2D eigenvalue weighted by Crippen LogP contribution is 2.33. The standard InChI is InChI=1S/C22H25N3O4/c1-16-6-8-17(9-7-16)23-21(26)15-25-14-20(22(27)24-10-12-28-13-11-24)29-19-5-3-2-4-18(19)25/h2-9,20H,10-15H2,1H3,(H,23,26)/t20-/m1/s1. The molecular formula is C22H25N3O4. The van der Waals surface area contributed by atoms with Crippen LogP contribution < -0.4 is 15.0 Å². The Bertz CT molecular complexity index is 878. The summed E-state index contributed by atoms with van der Waals surface area (Å²) in [7, 11) is 0. The third kappa shape index (κ3) is 4.51. The number of ether oxygens (including phenoxy) is 2. The minimum atomic E-state index is -0.643. The molecule has 1 N–H and O–H groups in total. The minimum absolute atomic E-state index is 0.0632. The predicted octanol–water partition coefficient (Wildman–Crippen LogP) is 2.06. The largest absolute Gasteiger partial charge is 0.477 e. The van der Waals surface area contributed by atoms with Crippen LogP contribution in [0.25, 0.3) is 0 Å². The van der Waals surface area contributed by atoms with Crippen molar-refractivity contribution in [2.75, 3.05) is 49.6 Å². The predicted molar refractivity (Wildman–Crippen MR) is 110 cm³/mol. The summed E-state index contributed by atoms with van der Waals surface area (Å²) in [6, 6.07) is 15.2. The number of rotatable bonds is 4. The number of benzene rings is 2. The van der Waals surface area contributed by atoms with E-state index in [-0.39, 0.29) is 18.4 Å². The smallest absolute Gasteiger partial charge is 0.265 e. The zero-order valence-electron chi connectivity index (χ0n) is 16.5. The Morgan fingerprint density at radius 1 is 1.07 bits per heavy atom.